The van der Waals surface area contributed by atoms with Crippen molar-refractivity contribution in [3.63, 3.8) is 0 Å². The molecule has 0 aliphatic rings. The number of benzene rings is 1. The molecule has 1 aromatic rings. The maximum Gasteiger partial charge on any atom is 0.270 e. The van der Waals surface area contributed by atoms with Gasteiger partial charge in [-0.15, -0.1) is 0 Å². The molecule has 0 unspecified atom stereocenters. The Kier molecular flexibility index (Phi) is 3.35. The molecule has 0 fully saturated rings. The Morgan fingerprint density at radius 3 is 2.67 bits per heavy atom. The molecule has 80 valence electrons. The van der Waals surface area contributed by atoms with Crippen LogP contribution in [-0.4, -0.2) is 29.9 Å². The Morgan fingerprint density at radius 1 is 1.47 bits per heavy atom. The lowest BCUT2D eigenvalue weighted by molar-refractivity contribution is -0.384. The first-order valence-electron chi connectivity index (χ1n) is 4.23. The maximum absolute atomic E-state index is 11.5. The Balaban J connectivity index is 2.90. The van der Waals surface area contributed by atoms with Gasteiger partial charge in [0.15, 0.2) is 0 Å². The Bertz CT molecular complexity index is 390. The van der Waals surface area contributed by atoms with E-state index >= 15 is 0 Å². The second-order valence-corrected chi connectivity index (χ2v) is 3.14. The summed E-state index contributed by atoms with van der Waals surface area (Å²) in [4.78, 5) is 21.4. The summed E-state index contributed by atoms with van der Waals surface area (Å²) in [5.41, 5.74) is 2.66. The summed E-state index contributed by atoms with van der Waals surface area (Å²) in [7, 11) is 3.32. The number of carbonyl (C=O) groups is 1. The predicted molar refractivity (Wildman–Crippen MR) is 54.2 cm³/mol. The molecule has 1 amide bonds. The molecular weight excluding hydrogens is 198 g/mol. The van der Waals surface area contributed by atoms with Gasteiger partial charge in [-0.05, 0) is 6.07 Å². The molecule has 15 heavy (non-hydrogen) atoms. The van der Waals surface area contributed by atoms with Gasteiger partial charge in [0.05, 0.1) is 4.92 Å². The van der Waals surface area contributed by atoms with Crippen molar-refractivity contribution in [1.82, 2.24) is 10.4 Å². The summed E-state index contributed by atoms with van der Waals surface area (Å²) in [6, 6.07) is 5.57. The van der Waals surface area contributed by atoms with Crippen LogP contribution in [0.3, 0.4) is 0 Å². The molecule has 0 saturated carbocycles. The summed E-state index contributed by atoms with van der Waals surface area (Å²) in [5, 5.41) is 11.9. The molecule has 0 heterocycles. The number of hydrogen-bond donors (Lipinski definition) is 1. The summed E-state index contributed by atoms with van der Waals surface area (Å²) in [6.07, 6.45) is 0. The van der Waals surface area contributed by atoms with Crippen molar-refractivity contribution in [2.75, 3.05) is 14.1 Å². The molecule has 0 aromatic heterocycles. The van der Waals surface area contributed by atoms with E-state index in [9.17, 15) is 14.9 Å². The first kappa shape index (κ1) is 11.1. The molecule has 0 atom stereocenters. The number of nitro benzene ring substituents is 1. The topological polar surface area (TPSA) is 75.5 Å². The SMILES string of the molecule is CN(C)NC(=O)c1cccc([N+](=O)[O-])c1. The standard InChI is InChI=1S/C9H11N3O3/c1-11(2)10-9(13)7-4-3-5-8(6-7)12(14)15/h3-6H,1-2H3,(H,10,13). The third kappa shape index (κ3) is 3.03. The van der Waals surface area contributed by atoms with E-state index in [0.29, 0.717) is 0 Å². The highest BCUT2D eigenvalue weighted by Gasteiger charge is 2.11. The number of non-ortho nitro benzene ring substituents is 1. The van der Waals surface area contributed by atoms with Gasteiger partial charge in [0.25, 0.3) is 11.6 Å². The Hall–Kier alpha value is -1.95. The highest BCUT2D eigenvalue weighted by molar-refractivity contribution is 5.94. The molecule has 6 heteroatoms. The molecule has 0 saturated heterocycles. The highest BCUT2D eigenvalue weighted by Crippen LogP contribution is 2.12. The summed E-state index contributed by atoms with van der Waals surface area (Å²) >= 11 is 0. The van der Waals surface area contributed by atoms with Crippen LogP contribution in [0.2, 0.25) is 0 Å². The monoisotopic (exact) mass is 209 g/mol. The zero-order chi connectivity index (χ0) is 11.4. The van der Waals surface area contributed by atoms with E-state index in [1.807, 2.05) is 0 Å². The Morgan fingerprint density at radius 2 is 2.13 bits per heavy atom. The second kappa shape index (κ2) is 4.52. The number of hydrogen-bond acceptors (Lipinski definition) is 4. The van der Waals surface area contributed by atoms with Gasteiger partial charge in [-0.3, -0.25) is 20.3 Å². The highest BCUT2D eigenvalue weighted by atomic mass is 16.6. The van der Waals surface area contributed by atoms with Crippen LogP contribution in [0.15, 0.2) is 24.3 Å². The summed E-state index contributed by atoms with van der Waals surface area (Å²) in [5.74, 6) is -0.372. The van der Waals surface area contributed by atoms with Gasteiger partial charge in [-0.1, -0.05) is 6.07 Å². The first-order valence-corrected chi connectivity index (χ1v) is 4.23. The van der Waals surface area contributed by atoms with Crippen molar-refractivity contribution in [3.8, 4) is 0 Å². The minimum atomic E-state index is -0.535. The van der Waals surface area contributed by atoms with E-state index in [1.54, 1.807) is 14.1 Å². The van der Waals surface area contributed by atoms with E-state index in [4.69, 9.17) is 0 Å². The predicted octanol–water partition coefficient (Wildman–Crippen LogP) is 0.801. The number of nitrogens with zero attached hydrogens (tertiary/aromatic N) is 2. The van der Waals surface area contributed by atoms with E-state index in [-0.39, 0.29) is 17.2 Å². The summed E-state index contributed by atoms with van der Waals surface area (Å²) < 4.78 is 0. The Labute approximate surface area is 86.6 Å². The molecule has 1 N–H and O–H groups in total. The molecule has 6 nitrogen and oxygen atoms in total. The average molecular weight is 209 g/mol. The van der Waals surface area contributed by atoms with Gasteiger partial charge >= 0.3 is 0 Å². The number of nitro groups is 1. The summed E-state index contributed by atoms with van der Waals surface area (Å²) in [6.45, 7) is 0. The van der Waals surface area contributed by atoms with Crippen LogP contribution in [0, 0.1) is 10.1 Å². The lowest BCUT2D eigenvalue weighted by atomic mass is 10.2. The molecule has 0 aliphatic carbocycles. The van der Waals surface area contributed by atoms with Gasteiger partial charge in [-0.2, -0.15) is 0 Å². The third-order valence-electron chi connectivity index (χ3n) is 1.64. The number of nitrogens with one attached hydrogen (secondary N) is 1. The first-order chi connectivity index (χ1) is 7.00. The van der Waals surface area contributed by atoms with Crippen molar-refractivity contribution in [2.45, 2.75) is 0 Å². The van der Waals surface area contributed by atoms with Crippen molar-refractivity contribution < 1.29 is 9.72 Å². The molecule has 0 bridgehead atoms. The fourth-order valence-electron chi connectivity index (χ4n) is 1.03. The van der Waals surface area contributed by atoms with Crippen LogP contribution in [0.1, 0.15) is 10.4 Å². The van der Waals surface area contributed by atoms with Gasteiger partial charge in [0.1, 0.15) is 0 Å². The zero-order valence-electron chi connectivity index (χ0n) is 8.43. The quantitative estimate of drug-likeness (QED) is 0.590. The number of hydrazine groups is 1. The van der Waals surface area contributed by atoms with Crippen LogP contribution >= 0.6 is 0 Å². The number of carbonyl (C=O) groups excluding carboxylic acids is 1. The smallest absolute Gasteiger partial charge is 0.270 e. The fraction of sp³-hybridized carbons (Fsp3) is 0.222. The van der Waals surface area contributed by atoms with Crippen LogP contribution in [0.4, 0.5) is 5.69 Å². The van der Waals surface area contributed by atoms with Gasteiger partial charge in [0.2, 0.25) is 0 Å². The van der Waals surface area contributed by atoms with Crippen LogP contribution < -0.4 is 5.43 Å². The molecule has 1 rings (SSSR count). The average Bonchev–Trinajstić information content (AvgIpc) is 2.17. The van der Waals surface area contributed by atoms with E-state index in [0.717, 1.165) is 0 Å². The molecular formula is C9H11N3O3. The van der Waals surface area contributed by atoms with E-state index in [2.05, 4.69) is 5.43 Å². The van der Waals surface area contributed by atoms with Crippen molar-refractivity contribution in [3.05, 3.63) is 39.9 Å². The lowest BCUT2D eigenvalue weighted by Crippen LogP contribution is -2.36. The normalized spacial score (nSPS) is 10.1. The van der Waals surface area contributed by atoms with E-state index < -0.39 is 4.92 Å². The van der Waals surface area contributed by atoms with Crippen molar-refractivity contribution in [2.24, 2.45) is 0 Å². The largest absolute Gasteiger partial charge is 0.285 e. The second-order valence-electron chi connectivity index (χ2n) is 3.14. The number of amides is 1. The molecule has 0 radical (unpaired) electrons. The lowest BCUT2D eigenvalue weighted by Gasteiger charge is -2.11. The number of rotatable bonds is 3. The molecule has 0 aliphatic heterocycles. The van der Waals surface area contributed by atoms with Gasteiger partial charge in [0, 0.05) is 31.8 Å². The fourth-order valence-corrected chi connectivity index (χ4v) is 1.03. The molecule has 0 spiro atoms. The van der Waals surface area contributed by atoms with Gasteiger partial charge < -0.3 is 0 Å². The maximum atomic E-state index is 11.5. The molecule has 1 aromatic carbocycles. The minimum Gasteiger partial charge on any atom is -0.285 e. The van der Waals surface area contributed by atoms with Crippen LogP contribution in [-0.2, 0) is 0 Å². The zero-order valence-corrected chi connectivity index (χ0v) is 8.43. The van der Waals surface area contributed by atoms with Crippen molar-refractivity contribution >= 4 is 11.6 Å². The van der Waals surface area contributed by atoms with Crippen LogP contribution in [0.25, 0.3) is 0 Å². The van der Waals surface area contributed by atoms with Gasteiger partial charge in [-0.25, -0.2) is 5.01 Å². The van der Waals surface area contributed by atoms with Crippen LogP contribution in [0.5, 0.6) is 0 Å². The van der Waals surface area contributed by atoms with Crippen molar-refractivity contribution in [1.29, 1.82) is 0 Å². The third-order valence-corrected chi connectivity index (χ3v) is 1.64. The minimum absolute atomic E-state index is 0.0959. The van der Waals surface area contributed by atoms with E-state index in [1.165, 1.54) is 29.3 Å².